The van der Waals surface area contributed by atoms with Crippen LogP contribution in [0.5, 0.6) is 0 Å². The van der Waals surface area contributed by atoms with E-state index in [0.29, 0.717) is 29.8 Å². The maximum atomic E-state index is 12.6. The van der Waals surface area contributed by atoms with E-state index in [-0.39, 0.29) is 29.9 Å². The Kier molecular flexibility index (Phi) is 6.34. The van der Waals surface area contributed by atoms with Crippen molar-refractivity contribution in [3.63, 3.8) is 0 Å². The number of para-hydroxylation sites is 1. The molecule has 0 saturated carbocycles. The Morgan fingerprint density at radius 2 is 2.12 bits per heavy atom. The van der Waals surface area contributed by atoms with Gasteiger partial charge in [-0.25, -0.2) is 4.98 Å². The highest BCUT2D eigenvalue weighted by atomic mass is 35.5. The summed E-state index contributed by atoms with van der Waals surface area (Å²) in [6.07, 6.45) is 3.07. The number of piperidine rings is 1. The fourth-order valence-corrected chi connectivity index (χ4v) is 3.02. The number of hydrogen-bond donors (Lipinski definition) is 2. The fourth-order valence-electron chi connectivity index (χ4n) is 3.02. The zero-order valence-electron chi connectivity index (χ0n) is 13.7. The molecule has 7 heteroatoms. The Labute approximate surface area is 147 Å². The number of rotatable bonds is 4. The first-order valence-corrected chi connectivity index (χ1v) is 8.19. The zero-order valence-corrected chi connectivity index (χ0v) is 14.6. The number of aromatic amines is 1. The highest BCUT2D eigenvalue weighted by Gasteiger charge is 2.25. The summed E-state index contributed by atoms with van der Waals surface area (Å²) < 4.78 is 0. The first-order chi connectivity index (χ1) is 11.2. The Morgan fingerprint density at radius 1 is 1.33 bits per heavy atom. The normalized spacial score (nSPS) is 17.3. The van der Waals surface area contributed by atoms with E-state index in [2.05, 4.69) is 15.3 Å². The molecule has 1 unspecified atom stereocenters. The molecule has 1 aromatic carbocycles. The van der Waals surface area contributed by atoms with E-state index in [0.717, 1.165) is 25.8 Å². The summed E-state index contributed by atoms with van der Waals surface area (Å²) in [5.41, 5.74) is 0.496. The third-order valence-electron chi connectivity index (χ3n) is 4.30. The van der Waals surface area contributed by atoms with E-state index in [1.54, 1.807) is 11.0 Å². The van der Waals surface area contributed by atoms with Crippen molar-refractivity contribution in [2.45, 2.75) is 38.8 Å². The van der Waals surface area contributed by atoms with Crippen LogP contribution in [-0.2, 0) is 11.3 Å². The smallest absolute Gasteiger partial charge is 0.258 e. The van der Waals surface area contributed by atoms with Gasteiger partial charge in [-0.1, -0.05) is 18.6 Å². The molecule has 1 aliphatic heterocycles. The van der Waals surface area contributed by atoms with Crippen molar-refractivity contribution in [3.8, 4) is 0 Å². The number of aromatic nitrogens is 2. The topological polar surface area (TPSA) is 78.1 Å². The van der Waals surface area contributed by atoms with Crippen molar-refractivity contribution >= 4 is 29.2 Å². The minimum atomic E-state index is -0.162. The van der Waals surface area contributed by atoms with Crippen molar-refractivity contribution in [2.75, 3.05) is 13.1 Å². The number of likely N-dealkylation sites (N-methyl/N-ethyl adjacent to an activating group) is 1. The second-order valence-electron chi connectivity index (χ2n) is 5.88. The van der Waals surface area contributed by atoms with Crippen molar-refractivity contribution in [1.29, 1.82) is 0 Å². The van der Waals surface area contributed by atoms with Gasteiger partial charge in [-0.15, -0.1) is 12.4 Å². The average Bonchev–Trinajstić information content (AvgIpc) is 2.60. The van der Waals surface area contributed by atoms with Crippen LogP contribution in [-0.4, -0.2) is 39.9 Å². The molecule has 1 aromatic heterocycles. The standard InChI is InChI=1S/C17H22N4O2.ClH/c1-2-21(17(23)14-9-5-6-10-18-14)11-15-19-13-8-4-3-7-12(13)16(22)20-15;/h3-4,7-8,14,18H,2,5-6,9-11H2,1H3,(H,19,20,22);1H. The number of nitrogens with zero attached hydrogens (tertiary/aromatic N) is 2. The predicted molar refractivity (Wildman–Crippen MR) is 96.3 cm³/mol. The fraction of sp³-hybridized carbons (Fsp3) is 0.471. The highest BCUT2D eigenvalue weighted by molar-refractivity contribution is 5.85. The van der Waals surface area contributed by atoms with E-state index >= 15 is 0 Å². The molecule has 1 aliphatic rings. The second-order valence-corrected chi connectivity index (χ2v) is 5.88. The highest BCUT2D eigenvalue weighted by Crippen LogP contribution is 2.12. The van der Waals surface area contributed by atoms with Crippen LogP contribution in [0.1, 0.15) is 32.0 Å². The molecule has 24 heavy (non-hydrogen) atoms. The molecule has 2 aromatic rings. The number of benzene rings is 1. The van der Waals surface area contributed by atoms with Gasteiger partial charge in [-0.05, 0) is 38.4 Å². The van der Waals surface area contributed by atoms with Crippen LogP contribution in [0, 0.1) is 0 Å². The molecular formula is C17H23ClN4O2. The van der Waals surface area contributed by atoms with E-state index in [1.165, 1.54) is 0 Å². The van der Waals surface area contributed by atoms with Crippen LogP contribution in [0.3, 0.4) is 0 Å². The summed E-state index contributed by atoms with van der Waals surface area (Å²) >= 11 is 0. The lowest BCUT2D eigenvalue weighted by Crippen LogP contribution is -2.48. The van der Waals surface area contributed by atoms with Gasteiger partial charge in [0.15, 0.2) is 0 Å². The van der Waals surface area contributed by atoms with Crippen molar-refractivity contribution in [1.82, 2.24) is 20.2 Å². The summed E-state index contributed by atoms with van der Waals surface area (Å²) in [6, 6.07) is 7.12. The number of amides is 1. The van der Waals surface area contributed by atoms with Crippen LogP contribution in [0.4, 0.5) is 0 Å². The number of hydrogen-bond acceptors (Lipinski definition) is 4. The molecular weight excluding hydrogens is 328 g/mol. The molecule has 2 N–H and O–H groups in total. The predicted octanol–water partition coefficient (Wildman–Crippen LogP) is 1.84. The Morgan fingerprint density at radius 3 is 2.83 bits per heavy atom. The summed E-state index contributed by atoms with van der Waals surface area (Å²) in [6.45, 7) is 3.75. The average molecular weight is 351 g/mol. The molecule has 0 aliphatic carbocycles. The van der Waals surface area contributed by atoms with Gasteiger partial charge in [0, 0.05) is 6.54 Å². The van der Waals surface area contributed by atoms with Gasteiger partial charge in [0.05, 0.1) is 23.5 Å². The number of halogens is 1. The van der Waals surface area contributed by atoms with Gasteiger partial charge in [0.1, 0.15) is 5.82 Å². The Hall–Kier alpha value is -1.92. The number of fused-ring (bicyclic) bond motifs is 1. The van der Waals surface area contributed by atoms with Gasteiger partial charge >= 0.3 is 0 Å². The van der Waals surface area contributed by atoms with Crippen LogP contribution < -0.4 is 10.9 Å². The van der Waals surface area contributed by atoms with Crippen molar-refractivity contribution in [3.05, 3.63) is 40.4 Å². The van der Waals surface area contributed by atoms with E-state index in [9.17, 15) is 9.59 Å². The third kappa shape index (κ3) is 3.94. The summed E-state index contributed by atoms with van der Waals surface area (Å²) in [4.78, 5) is 33.8. The monoisotopic (exact) mass is 350 g/mol. The summed E-state index contributed by atoms with van der Waals surface area (Å²) in [5.74, 6) is 0.614. The largest absolute Gasteiger partial charge is 0.334 e. The molecule has 0 spiro atoms. The van der Waals surface area contributed by atoms with Gasteiger partial charge in [-0.2, -0.15) is 0 Å². The first-order valence-electron chi connectivity index (χ1n) is 8.19. The van der Waals surface area contributed by atoms with Crippen LogP contribution >= 0.6 is 12.4 Å². The molecule has 1 fully saturated rings. The quantitative estimate of drug-likeness (QED) is 0.882. The molecule has 2 heterocycles. The van der Waals surface area contributed by atoms with Gasteiger partial charge in [-0.3, -0.25) is 9.59 Å². The molecule has 0 bridgehead atoms. The molecule has 1 atom stereocenters. The lowest BCUT2D eigenvalue weighted by molar-refractivity contribution is -0.134. The molecule has 3 rings (SSSR count). The minimum Gasteiger partial charge on any atom is -0.334 e. The number of carbonyl (C=O) groups excluding carboxylic acids is 1. The number of H-pyrrole nitrogens is 1. The van der Waals surface area contributed by atoms with Crippen LogP contribution in [0.15, 0.2) is 29.1 Å². The summed E-state index contributed by atoms with van der Waals surface area (Å²) in [7, 11) is 0. The van der Waals surface area contributed by atoms with Crippen LogP contribution in [0.25, 0.3) is 10.9 Å². The number of carbonyl (C=O) groups is 1. The van der Waals surface area contributed by atoms with Gasteiger partial charge in [0.25, 0.3) is 5.56 Å². The third-order valence-corrected chi connectivity index (χ3v) is 4.30. The lowest BCUT2D eigenvalue weighted by Gasteiger charge is -2.29. The molecule has 1 saturated heterocycles. The Bertz CT molecular complexity index is 756. The molecule has 6 nitrogen and oxygen atoms in total. The maximum Gasteiger partial charge on any atom is 0.258 e. The van der Waals surface area contributed by atoms with Crippen LogP contribution in [0.2, 0.25) is 0 Å². The lowest BCUT2D eigenvalue weighted by atomic mass is 10.0. The Balaban J connectivity index is 0.00000208. The van der Waals surface area contributed by atoms with E-state index < -0.39 is 0 Å². The maximum absolute atomic E-state index is 12.6. The van der Waals surface area contributed by atoms with E-state index in [4.69, 9.17) is 0 Å². The first kappa shape index (κ1) is 18.4. The molecule has 1 amide bonds. The summed E-state index contributed by atoms with van der Waals surface area (Å²) in [5, 5.41) is 3.85. The zero-order chi connectivity index (χ0) is 16.2. The molecule has 130 valence electrons. The SMILES string of the molecule is CCN(Cc1nc2ccccc2c(=O)[nH]1)C(=O)C1CCCCN1.Cl. The van der Waals surface area contributed by atoms with Crippen molar-refractivity contribution in [2.24, 2.45) is 0 Å². The second kappa shape index (κ2) is 8.26. The van der Waals surface area contributed by atoms with Gasteiger partial charge < -0.3 is 15.2 Å². The van der Waals surface area contributed by atoms with Crippen molar-refractivity contribution < 1.29 is 4.79 Å². The van der Waals surface area contributed by atoms with Gasteiger partial charge in [0.2, 0.25) is 5.91 Å². The number of nitrogens with one attached hydrogen (secondary N) is 2. The molecule has 0 radical (unpaired) electrons. The van der Waals surface area contributed by atoms with E-state index in [1.807, 2.05) is 25.1 Å². The minimum absolute atomic E-state index is 0.